The monoisotopic (exact) mass is 235 g/mol. The summed E-state index contributed by atoms with van der Waals surface area (Å²) in [5.74, 6) is 0.676. The van der Waals surface area contributed by atoms with Crippen LogP contribution in [-0.4, -0.2) is 22.6 Å². The Hall–Kier alpha value is -1.06. The van der Waals surface area contributed by atoms with E-state index in [1.807, 2.05) is 18.2 Å². The normalized spacial score (nSPS) is 20.7. The van der Waals surface area contributed by atoms with Gasteiger partial charge in [-0.1, -0.05) is 12.1 Å². The maximum atomic E-state index is 6.18. The molecule has 16 heavy (non-hydrogen) atoms. The zero-order valence-electron chi connectivity index (χ0n) is 8.99. The van der Waals surface area contributed by atoms with Crippen LogP contribution in [0.2, 0.25) is 5.28 Å². The number of para-hydroxylation sites is 2. The van der Waals surface area contributed by atoms with E-state index in [9.17, 15) is 0 Å². The highest BCUT2D eigenvalue weighted by atomic mass is 35.5. The van der Waals surface area contributed by atoms with Gasteiger partial charge in [0.15, 0.2) is 0 Å². The molecule has 2 heterocycles. The average Bonchev–Trinajstić information content (AvgIpc) is 2.89. The molecule has 1 saturated heterocycles. The van der Waals surface area contributed by atoms with Crippen LogP contribution in [0.25, 0.3) is 11.0 Å². The summed E-state index contributed by atoms with van der Waals surface area (Å²) in [7, 11) is 0. The van der Waals surface area contributed by atoms with Crippen LogP contribution in [-0.2, 0) is 6.54 Å². The predicted octanol–water partition coefficient (Wildman–Crippen LogP) is 2.30. The van der Waals surface area contributed by atoms with E-state index >= 15 is 0 Å². The average molecular weight is 236 g/mol. The molecule has 1 N–H and O–H groups in total. The van der Waals surface area contributed by atoms with Gasteiger partial charge in [0.05, 0.1) is 11.0 Å². The molecule has 1 aliphatic heterocycles. The molecule has 1 fully saturated rings. The van der Waals surface area contributed by atoms with Gasteiger partial charge in [-0.3, -0.25) is 0 Å². The minimum absolute atomic E-state index is 0.605. The SMILES string of the molecule is Clc1nc2ccccc2n1CC1CCNC1. The Kier molecular flexibility index (Phi) is 2.58. The third-order valence-corrected chi connectivity index (χ3v) is 3.50. The van der Waals surface area contributed by atoms with Crippen molar-refractivity contribution in [2.45, 2.75) is 13.0 Å². The number of rotatable bonds is 2. The summed E-state index contributed by atoms with van der Waals surface area (Å²) >= 11 is 6.18. The van der Waals surface area contributed by atoms with Gasteiger partial charge in [0, 0.05) is 6.54 Å². The number of hydrogen-bond acceptors (Lipinski definition) is 2. The zero-order chi connectivity index (χ0) is 11.0. The Bertz CT molecular complexity index is 500. The number of nitrogens with zero attached hydrogens (tertiary/aromatic N) is 2. The Balaban J connectivity index is 1.98. The van der Waals surface area contributed by atoms with Crippen molar-refractivity contribution in [3.8, 4) is 0 Å². The third-order valence-electron chi connectivity index (χ3n) is 3.21. The van der Waals surface area contributed by atoms with Gasteiger partial charge in [-0.25, -0.2) is 4.98 Å². The van der Waals surface area contributed by atoms with E-state index in [0.29, 0.717) is 11.2 Å². The van der Waals surface area contributed by atoms with E-state index in [1.54, 1.807) is 0 Å². The molecule has 84 valence electrons. The van der Waals surface area contributed by atoms with Crippen molar-refractivity contribution in [2.24, 2.45) is 5.92 Å². The fourth-order valence-corrected chi connectivity index (χ4v) is 2.60. The Morgan fingerprint density at radius 2 is 2.31 bits per heavy atom. The maximum Gasteiger partial charge on any atom is 0.203 e. The Labute approximate surface area is 99.4 Å². The smallest absolute Gasteiger partial charge is 0.203 e. The van der Waals surface area contributed by atoms with Crippen LogP contribution < -0.4 is 5.32 Å². The highest BCUT2D eigenvalue weighted by molar-refractivity contribution is 6.29. The van der Waals surface area contributed by atoms with Crippen LogP contribution in [0.4, 0.5) is 0 Å². The Morgan fingerprint density at radius 3 is 3.12 bits per heavy atom. The van der Waals surface area contributed by atoms with Crippen molar-refractivity contribution in [1.82, 2.24) is 14.9 Å². The fraction of sp³-hybridized carbons (Fsp3) is 0.417. The molecular formula is C12H14ClN3. The number of hydrogen-bond donors (Lipinski definition) is 1. The minimum Gasteiger partial charge on any atom is -0.316 e. The van der Waals surface area contributed by atoms with Crippen molar-refractivity contribution >= 4 is 22.6 Å². The molecule has 1 aromatic heterocycles. The lowest BCUT2D eigenvalue weighted by Gasteiger charge is -2.11. The van der Waals surface area contributed by atoms with E-state index in [2.05, 4.69) is 20.9 Å². The molecule has 1 atom stereocenters. The molecule has 3 nitrogen and oxygen atoms in total. The van der Waals surface area contributed by atoms with Gasteiger partial charge < -0.3 is 9.88 Å². The van der Waals surface area contributed by atoms with Crippen molar-refractivity contribution in [3.05, 3.63) is 29.5 Å². The van der Waals surface area contributed by atoms with Gasteiger partial charge in [-0.15, -0.1) is 0 Å². The van der Waals surface area contributed by atoms with Crippen molar-refractivity contribution < 1.29 is 0 Å². The summed E-state index contributed by atoms with van der Waals surface area (Å²) in [4.78, 5) is 4.36. The molecule has 0 saturated carbocycles. The number of nitrogens with one attached hydrogen (secondary N) is 1. The number of aromatic nitrogens is 2. The molecule has 0 spiro atoms. The second-order valence-corrected chi connectivity index (χ2v) is 4.68. The topological polar surface area (TPSA) is 29.9 Å². The molecule has 0 aliphatic carbocycles. The van der Waals surface area contributed by atoms with Gasteiger partial charge in [-0.05, 0) is 49.2 Å². The Morgan fingerprint density at radius 1 is 1.44 bits per heavy atom. The predicted molar refractivity (Wildman–Crippen MR) is 65.7 cm³/mol. The molecule has 2 aromatic rings. The maximum absolute atomic E-state index is 6.18. The van der Waals surface area contributed by atoms with E-state index < -0.39 is 0 Å². The van der Waals surface area contributed by atoms with E-state index in [4.69, 9.17) is 11.6 Å². The molecule has 1 aromatic carbocycles. The summed E-state index contributed by atoms with van der Waals surface area (Å²) in [5.41, 5.74) is 2.12. The highest BCUT2D eigenvalue weighted by Gasteiger charge is 2.17. The van der Waals surface area contributed by atoms with Crippen LogP contribution in [0.5, 0.6) is 0 Å². The van der Waals surface area contributed by atoms with Crippen LogP contribution in [0.1, 0.15) is 6.42 Å². The number of imidazole rings is 1. The molecule has 0 bridgehead atoms. The number of benzene rings is 1. The van der Waals surface area contributed by atoms with Crippen LogP contribution in [0.15, 0.2) is 24.3 Å². The highest BCUT2D eigenvalue weighted by Crippen LogP contribution is 2.22. The quantitative estimate of drug-likeness (QED) is 0.866. The zero-order valence-corrected chi connectivity index (χ0v) is 9.74. The van der Waals surface area contributed by atoms with Crippen LogP contribution >= 0.6 is 11.6 Å². The molecule has 4 heteroatoms. The summed E-state index contributed by atoms with van der Waals surface area (Å²) in [6, 6.07) is 8.11. The molecule has 3 rings (SSSR count). The van der Waals surface area contributed by atoms with Crippen LogP contribution in [0.3, 0.4) is 0 Å². The molecule has 1 unspecified atom stereocenters. The fourth-order valence-electron chi connectivity index (χ4n) is 2.35. The largest absolute Gasteiger partial charge is 0.316 e. The molecular weight excluding hydrogens is 222 g/mol. The van der Waals surface area contributed by atoms with Gasteiger partial charge in [-0.2, -0.15) is 0 Å². The molecule has 0 amide bonds. The summed E-state index contributed by atoms with van der Waals surface area (Å²) in [6.45, 7) is 3.17. The van der Waals surface area contributed by atoms with Crippen LogP contribution in [0, 0.1) is 5.92 Å². The van der Waals surface area contributed by atoms with Gasteiger partial charge in [0.25, 0.3) is 0 Å². The lowest BCUT2D eigenvalue weighted by atomic mass is 10.1. The minimum atomic E-state index is 0.605. The van der Waals surface area contributed by atoms with Gasteiger partial charge in [0.1, 0.15) is 0 Å². The summed E-state index contributed by atoms with van der Waals surface area (Å²) in [5, 5.41) is 3.98. The first-order valence-electron chi connectivity index (χ1n) is 5.66. The first kappa shape index (κ1) is 10.1. The standard InChI is InChI=1S/C12H14ClN3/c13-12-15-10-3-1-2-4-11(10)16(12)8-9-5-6-14-7-9/h1-4,9,14H,5-8H2. The summed E-state index contributed by atoms with van der Waals surface area (Å²) in [6.07, 6.45) is 1.23. The van der Waals surface area contributed by atoms with Crippen molar-refractivity contribution in [3.63, 3.8) is 0 Å². The van der Waals surface area contributed by atoms with Crippen molar-refractivity contribution in [2.75, 3.05) is 13.1 Å². The summed E-state index contributed by atoms with van der Waals surface area (Å²) < 4.78 is 2.12. The third kappa shape index (κ3) is 1.70. The molecule has 0 radical (unpaired) electrons. The van der Waals surface area contributed by atoms with E-state index in [-0.39, 0.29) is 0 Å². The van der Waals surface area contributed by atoms with Gasteiger partial charge in [0.2, 0.25) is 5.28 Å². The lowest BCUT2D eigenvalue weighted by Crippen LogP contribution is -2.14. The number of fused-ring (bicyclic) bond motifs is 1. The first-order valence-corrected chi connectivity index (χ1v) is 6.04. The lowest BCUT2D eigenvalue weighted by molar-refractivity contribution is 0.489. The second kappa shape index (κ2) is 4.07. The first-order chi connectivity index (χ1) is 7.84. The second-order valence-electron chi connectivity index (χ2n) is 4.34. The van der Waals surface area contributed by atoms with Crippen molar-refractivity contribution in [1.29, 1.82) is 0 Å². The van der Waals surface area contributed by atoms with Gasteiger partial charge >= 0.3 is 0 Å². The van der Waals surface area contributed by atoms with E-state index in [0.717, 1.165) is 30.7 Å². The number of halogens is 1. The van der Waals surface area contributed by atoms with E-state index in [1.165, 1.54) is 6.42 Å². The molecule has 1 aliphatic rings.